The van der Waals surface area contributed by atoms with E-state index < -0.39 is 0 Å². The van der Waals surface area contributed by atoms with Gasteiger partial charge < -0.3 is 10.6 Å². The summed E-state index contributed by atoms with van der Waals surface area (Å²) in [6.45, 7) is 6.19. The SMILES string of the molecule is CCCCC[C@](C)(CNC(C)=O)Nc1nc(Cl)nc2cc(Cl)cnc12. The number of nitrogens with one attached hydrogen (secondary N) is 2. The Hall–Kier alpha value is -1.66. The van der Waals surface area contributed by atoms with E-state index in [0.717, 1.165) is 25.7 Å². The second kappa shape index (κ2) is 8.63. The molecule has 2 heterocycles. The Bertz CT molecular complexity index is 750. The van der Waals surface area contributed by atoms with Crippen LogP contribution in [0.15, 0.2) is 12.3 Å². The van der Waals surface area contributed by atoms with Gasteiger partial charge in [0, 0.05) is 19.7 Å². The van der Waals surface area contributed by atoms with E-state index in [1.54, 1.807) is 12.3 Å². The van der Waals surface area contributed by atoms with Crippen LogP contribution in [0.4, 0.5) is 5.82 Å². The van der Waals surface area contributed by atoms with Crippen LogP contribution < -0.4 is 10.6 Å². The molecule has 0 aliphatic rings. The highest BCUT2D eigenvalue weighted by Gasteiger charge is 2.26. The monoisotopic (exact) mass is 383 g/mol. The highest BCUT2D eigenvalue weighted by atomic mass is 35.5. The molecule has 0 aromatic carbocycles. The van der Waals surface area contributed by atoms with Crippen LogP contribution >= 0.6 is 23.2 Å². The molecule has 0 radical (unpaired) electrons. The maximum atomic E-state index is 11.4. The number of rotatable bonds is 8. The predicted molar refractivity (Wildman–Crippen MR) is 102 cm³/mol. The lowest BCUT2D eigenvalue weighted by atomic mass is 9.94. The predicted octanol–water partition coefficient (Wildman–Crippen LogP) is 4.22. The Balaban J connectivity index is 2.33. The normalized spacial score (nSPS) is 13.5. The van der Waals surface area contributed by atoms with Crippen molar-refractivity contribution in [2.45, 2.75) is 52.0 Å². The van der Waals surface area contributed by atoms with Crippen molar-refractivity contribution in [2.24, 2.45) is 0 Å². The summed E-state index contributed by atoms with van der Waals surface area (Å²) >= 11 is 12.0. The smallest absolute Gasteiger partial charge is 0.225 e. The molecule has 0 bridgehead atoms. The molecule has 2 rings (SSSR count). The average molecular weight is 384 g/mol. The highest BCUT2D eigenvalue weighted by Crippen LogP contribution is 2.27. The van der Waals surface area contributed by atoms with Crippen LogP contribution in [0.25, 0.3) is 11.0 Å². The van der Waals surface area contributed by atoms with E-state index in [2.05, 4.69) is 39.4 Å². The maximum absolute atomic E-state index is 11.4. The molecule has 0 fully saturated rings. The Morgan fingerprint density at radius 1 is 1.28 bits per heavy atom. The lowest BCUT2D eigenvalue weighted by molar-refractivity contribution is -0.119. The summed E-state index contributed by atoms with van der Waals surface area (Å²) in [4.78, 5) is 24.2. The van der Waals surface area contributed by atoms with Gasteiger partial charge in [-0.25, -0.2) is 9.97 Å². The summed E-state index contributed by atoms with van der Waals surface area (Å²) in [6.07, 6.45) is 5.71. The van der Waals surface area contributed by atoms with Gasteiger partial charge in [0.2, 0.25) is 11.2 Å². The zero-order valence-electron chi connectivity index (χ0n) is 14.7. The Morgan fingerprint density at radius 2 is 2.04 bits per heavy atom. The number of anilines is 1. The average Bonchev–Trinajstić information content (AvgIpc) is 2.52. The molecule has 0 unspecified atom stereocenters. The molecule has 1 amide bonds. The number of fused-ring (bicyclic) bond motifs is 1. The van der Waals surface area contributed by atoms with E-state index in [4.69, 9.17) is 23.2 Å². The van der Waals surface area contributed by atoms with Gasteiger partial charge in [0.1, 0.15) is 5.52 Å². The number of pyridine rings is 1. The number of hydrogen-bond acceptors (Lipinski definition) is 5. The molecule has 25 heavy (non-hydrogen) atoms. The number of halogens is 2. The van der Waals surface area contributed by atoms with Crippen molar-refractivity contribution >= 4 is 46.0 Å². The number of unbranched alkanes of at least 4 members (excludes halogenated alkanes) is 2. The minimum absolute atomic E-state index is 0.0704. The van der Waals surface area contributed by atoms with Crippen LogP contribution in [0, 0.1) is 0 Å². The van der Waals surface area contributed by atoms with Gasteiger partial charge in [0.25, 0.3) is 0 Å². The molecule has 0 saturated heterocycles. The van der Waals surface area contributed by atoms with Crippen LogP contribution in [0.5, 0.6) is 0 Å². The van der Waals surface area contributed by atoms with E-state index in [1.165, 1.54) is 6.92 Å². The van der Waals surface area contributed by atoms with Gasteiger partial charge in [-0.2, -0.15) is 4.98 Å². The summed E-state index contributed by atoms with van der Waals surface area (Å²) < 4.78 is 0. The van der Waals surface area contributed by atoms with Crippen LogP contribution in [-0.4, -0.2) is 32.9 Å². The van der Waals surface area contributed by atoms with Crippen LogP contribution in [0.2, 0.25) is 10.3 Å². The van der Waals surface area contributed by atoms with Crippen molar-refractivity contribution in [3.05, 3.63) is 22.6 Å². The zero-order valence-corrected chi connectivity index (χ0v) is 16.2. The number of carbonyl (C=O) groups is 1. The van der Waals surface area contributed by atoms with Crippen LogP contribution in [0.1, 0.15) is 46.5 Å². The highest BCUT2D eigenvalue weighted by molar-refractivity contribution is 6.31. The molecule has 0 saturated carbocycles. The van der Waals surface area contributed by atoms with E-state index in [1.807, 2.05) is 0 Å². The second-order valence-corrected chi connectivity index (χ2v) is 7.19. The van der Waals surface area contributed by atoms with Crippen LogP contribution in [-0.2, 0) is 4.79 Å². The topological polar surface area (TPSA) is 79.8 Å². The molecule has 0 aliphatic carbocycles. The van der Waals surface area contributed by atoms with Gasteiger partial charge in [-0.3, -0.25) is 4.79 Å². The third-order valence-corrected chi connectivity index (χ3v) is 4.33. The van der Waals surface area contributed by atoms with Crippen molar-refractivity contribution in [2.75, 3.05) is 11.9 Å². The quantitative estimate of drug-likeness (QED) is 0.526. The zero-order chi connectivity index (χ0) is 18.4. The van der Waals surface area contributed by atoms with E-state index in [-0.39, 0.29) is 16.7 Å². The maximum Gasteiger partial charge on any atom is 0.225 e. The van der Waals surface area contributed by atoms with Gasteiger partial charge in [0.15, 0.2) is 5.82 Å². The second-order valence-electron chi connectivity index (χ2n) is 6.42. The molecular weight excluding hydrogens is 361 g/mol. The fourth-order valence-corrected chi connectivity index (χ4v) is 2.95. The minimum atomic E-state index is -0.382. The van der Waals surface area contributed by atoms with Gasteiger partial charge in [-0.15, -0.1) is 0 Å². The number of carbonyl (C=O) groups excluding carboxylic acids is 1. The lowest BCUT2D eigenvalue weighted by Crippen LogP contribution is -2.46. The molecule has 2 aromatic heterocycles. The Morgan fingerprint density at radius 3 is 2.72 bits per heavy atom. The molecule has 0 spiro atoms. The molecular formula is C17H23Cl2N5O. The summed E-state index contributed by atoms with van der Waals surface area (Å²) in [7, 11) is 0. The van der Waals surface area contributed by atoms with Gasteiger partial charge in [-0.05, 0) is 31.0 Å². The Labute approximate surface area is 157 Å². The number of hydrogen-bond donors (Lipinski definition) is 2. The lowest BCUT2D eigenvalue weighted by Gasteiger charge is -2.32. The third kappa shape index (κ3) is 5.68. The fourth-order valence-electron chi connectivity index (χ4n) is 2.62. The van der Waals surface area contributed by atoms with Crippen molar-refractivity contribution in [3.63, 3.8) is 0 Å². The minimum Gasteiger partial charge on any atom is -0.361 e. The first-order valence-corrected chi connectivity index (χ1v) is 9.10. The van der Waals surface area contributed by atoms with Crippen LogP contribution in [0.3, 0.4) is 0 Å². The van der Waals surface area contributed by atoms with E-state index in [0.29, 0.717) is 28.4 Å². The molecule has 1 atom stereocenters. The van der Waals surface area contributed by atoms with Gasteiger partial charge in [0.05, 0.1) is 16.1 Å². The summed E-state index contributed by atoms with van der Waals surface area (Å²) in [5, 5.41) is 6.91. The molecule has 2 aromatic rings. The van der Waals surface area contributed by atoms with Gasteiger partial charge >= 0.3 is 0 Å². The largest absolute Gasteiger partial charge is 0.361 e. The first-order chi connectivity index (χ1) is 11.8. The first-order valence-electron chi connectivity index (χ1n) is 8.34. The molecule has 2 N–H and O–H groups in total. The first kappa shape index (κ1) is 19.7. The molecule has 136 valence electrons. The summed E-state index contributed by atoms with van der Waals surface area (Å²) in [5.41, 5.74) is 0.788. The van der Waals surface area contributed by atoms with E-state index in [9.17, 15) is 4.79 Å². The molecule has 0 aliphatic heterocycles. The summed E-state index contributed by atoms with van der Waals surface area (Å²) in [5.74, 6) is 0.468. The number of aromatic nitrogens is 3. The third-order valence-electron chi connectivity index (χ3n) is 3.96. The Kier molecular flexibility index (Phi) is 6.79. The number of amides is 1. The molecule has 6 nitrogen and oxygen atoms in total. The van der Waals surface area contributed by atoms with Gasteiger partial charge in [-0.1, -0.05) is 37.8 Å². The van der Waals surface area contributed by atoms with Crippen molar-refractivity contribution in [1.82, 2.24) is 20.3 Å². The number of nitrogens with zero attached hydrogens (tertiary/aromatic N) is 3. The van der Waals surface area contributed by atoms with Crippen molar-refractivity contribution in [1.29, 1.82) is 0 Å². The fraction of sp³-hybridized carbons (Fsp3) is 0.529. The van der Waals surface area contributed by atoms with E-state index >= 15 is 0 Å². The molecule has 8 heteroatoms. The summed E-state index contributed by atoms with van der Waals surface area (Å²) in [6, 6.07) is 1.70. The standard InChI is InChI=1S/C17H23Cl2N5O/c1-4-5-6-7-17(3,10-21-11(2)25)24-15-14-13(22-16(19)23-15)8-12(18)9-20-14/h8-9H,4-7,10H2,1-3H3,(H,21,25)(H,22,23,24)/t17-/m1/s1. The van der Waals surface area contributed by atoms with Crippen molar-refractivity contribution < 1.29 is 4.79 Å². The van der Waals surface area contributed by atoms with Crippen molar-refractivity contribution in [3.8, 4) is 0 Å².